The molecule has 2 aliphatic rings. The molecule has 2 aliphatic heterocycles. The van der Waals surface area contributed by atoms with Crippen molar-refractivity contribution in [3.05, 3.63) is 35.9 Å². The number of carbonyl (C=O) groups excluding carboxylic acids is 1. The summed E-state index contributed by atoms with van der Waals surface area (Å²) in [6.07, 6.45) is 2.18. The second kappa shape index (κ2) is 4.15. The molecule has 2 saturated heterocycles. The minimum atomic E-state index is 0.0470. The van der Waals surface area contributed by atoms with Crippen LogP contribution in [0.5, 0.6) is 0 Å². The molecule has 3 nitrogen and oxygen atoms in total. The molecule has 3 heteroatoms. The van der Waals surface area contributed by atoms with Crippen molar-refractivity contribution in [2.24, 2.45) is 5.41 Å². The number of hydrogen-bond acceptors (Lipinski definition) is 2. The van der Waals surface area contributed by atoms with Gasteiger partial charge in [0, 0.05) is 12.0 Å². The van der Waals surface area contributed by atoms with Crippen LogP contribution in [0.4, 0.5) is 0 Å². The van der Waals surface area contributed by atoms with Crippen LogP contribution in [0.2, 0.25) is 0 Å². The third-order valence-corrected chi connectivity index (χ3v) is 4.22. The van der Waals surface area contributed by atoms with Gasteiger partial charge >= 0.3 is 0 Å². The zero-order valence-electron chi connectivity index (χ0n) is 9.91. The van der Waals surface area contributed by atoms with Gasteiger partial charge in [-0.1, -0.05) is 30.3 Å². The van der Waals surface area contributed by atoms with Gasteiger partial charge < -0.3 is 10.6 Å². The maximum absolute atomic E-state index is 12.1. The molecule has 1 amide bonds. The average molecular weight is 230 g/mol. The number of rotatable bonds is 1. The lowest BCUT2D eigenvalue weighted by atomic mass is 9.68. The Labute approximate surface area is 102 Å². The smallest absolute Gasteiger partial charge is 0.228 e. The van der Waals surface area contributed by atoms with E-state index in [-0.39, 0.29) is 17.2 Å². The molecule has 0 radical (unpaired) electrons. The first-order chi connectivity index (χ1) is 8.32. The van der Waals surface area contributed by atoms with Crippen molar-refractivity contribution in [3.63, 3.8) is 0 Å². The van der Waals surface area contributed by atoms with Crippen molar-refractivity contribution in [1.29, 1.82) is 0 Å². The highest BCUT2D eigenvalue weighted by Gasteiger charge is 2.49. The van der Waals surface area contributed by atoms with Crippen molar-refractivity contribution in [2.45, 2.75) is 18.8 Å². The van der Waals surface area contributed by atoms with E-state index in [9.17, 15) is 4.79 Å². The fourth-order valence-corrected chi connectivity index (χ4v) is 3.29. The summed E-state index contributed by atoms with van der Waals surface area (Å²) in [5.41, 5.74) is 1.31. The van der Waals surface area contributed by atoms with Crippen molar-refractivity contribution < 1.29 is 4.79 Å². The maximum atomic E-state index is 12.1. The Morgan fingerprint density at radius 1 is 1.12 bits per heavy atom. The van der Waals surface area contributed by atoms with E-state index in [1.807, 2.05) is 18.2 Å². The van der Waals surface area contributed by atoms with Crippen LogP contribution in [0.25, 0.3) is 0 Å². The number of amides is 1. The fraction of sp³-hybridized carbons (Fsp3) is 0.500. The Morgan fingerprint density at radius 3 is 2.53 bits per heavy atom. The third-order valence-electron chi connectivity index (χ3n) is 4.22. The molecule has 3 rings (SSSR count). The predicted molar refractivity (Wildman–Crippen MR) is 66.7 cm³/mol. The first kappa shape index (κ1) is 10.8. The van der Waals surface area contributed by atoms with Crippen LogP contribution in [0.1, 0.15) is 24.3 Å². The number of piperidine rings is 1. The standard InChI is InChI=1S/C14H18N2O/c17-13-12(11-4-2-1-3-5-11)14(10-16-13)6-8-15-9-7-14/h1-5,12,15H,6-10H2,(H,16,17). The summed E-state index contributed by atoms with van der Waals surface area (Å²) < 4.78 is 0. The van der Waals surface area contributed by atoms with Gasteiger partial charge in [-0.3, -0.25) is 4.79 Å². The van der Waals surface area contributed by atoms with E-state index in [4.69, 9.17) is 0 Å². The Balaban J connectivity index is 1.97. The molecule has 1 spiro atoms. The van der Waals surface area contributed by atoms with Crippen molar-refractivity contribution >= 4 is 5.91 Å². The predicted octanol–water partition coefficient (Wildman–Crippen LogP) is 1.27. The van der Waals surface area contributed by atoms with E-state index < -0.39 is 0 Å². The lowest BCUT2D eigenvalue weighted by Crippen LogP contribution is -2.41. The quantitative estimate of drug-likeness (QED) is 0.763. The molecule has 2 heterocycles. The van der Waals surface area contributed by atoms with Gasteiger partial charge in [0.15, 0.2) is 0 Å². The van der Waals surface area contributed by atoms with Crippen molar-refractivity contribution in [2.75, 3.05) is 19.6 Å². The molecular formula is C14H18N2O. The Morgan fingerprint density at radius 2 is 1.82 bits per heavy atom. The third kappa shape index (κ3) is 1.75. The number of carbonyl (C=O) groups is 1. The average Bonchev–Trinajstić information content (AvgIpc) is 2.68. The first-order valence-corrected chi connectivity index (χ1v) is 6.35. The van der Waals surface area contributed by atoms with Crippen molar-refractivity contribution in [3.8, 4) is 0 Å². The summed E-state index contributed by atoms with van der Waals surface area (Å²) in [5.74, 6) is 0.254. The topological polar surface area (TPSA) is 41.1 Å². The largest absolute Gasteiger partial charge is 0.355 e. The summed E-state index contributed by atoms with van der Waals surface area (Å²) in [4.78, 5) is 12.1. The molecule has 1 unspecified atom stereocenters. The monoisotopic (exact) mass is 230 g/mol. The van der Waals surface area contributed by atoms with E-state index >= 15 is 0 Å². The van der Waals surface area contributed by atoms with Gasteiger partial charge in [-0.25, -0.2) is 0 Å². The first-order valence-electron chi connectivity index (χ1n) is 6.35. The number of benzene rings is 1. The number of hydrogen-bond donors (Lipinski definition) is 2. The fourth-order valence-electron chi connectivity index (χ4n) is 3.29. The van der Waals surface area contributed by atoms with Crippen molar-refractivity contribution in [1.82, 2.24) is 10.6 Å². The maximum Gasteiger partial charge on any atom is 0.228 e. The van der Waals surface area contributed by atoms with Gasteiger partial charge in [-0.15, -0.1) is 0 Å². The van der Waals surface area contributed by atoms with Crippen LogP contribution in [0.15, 0.2) is 30.3 Å². The van der Waals surface area contributed by atoms with Gasteiger partial charge in [0.25, 0.3) is 0 Å². The molecule has 0 saturated carbocycles. The second-order valence-corrected chi connectivity index (χ2v) is 5.17. The Hall–Kier alpha value is -1.35. The summed E-state index contributed by atoms with van der Waals surface area (Å²) in [5, 5.41) is 6.45. The molecule has 1 aromatic rings. The molecule has 2 N–H and O–H groups in total. The minimum Gasteiger partial charge on any atom is -0.355 e. The zero-order chi connectivity index (χ0) is 11.7. The Bertz CT molecular complexity index is 409. The van der Waals surface area contributed by atoms with Crippen LogP contribution in [0, 0.1) is 5.41 Å². The summed E-state index contributed by atoms with van der Waals surface area (Å²) in [7, 11) is 0. The molecule has 0 aromatic heterocycles. The van der Waals surface area contributed by atoms with E-state index in [1.165, 1.54) is 5.56 Å². The van der Waals surface area contributed by atoms with E-state index in [1.54, 1.807) is 0 Å². The lowest BCUT2D eigenvalue weighted by molar-refractivity contribution is -0.121. The SMILES string of the molecule is O=C1NCC2(CCNCC2)C1c1ccccc1. The van der Waals surface area contributed by atoms with E-state index in [0.29, 0.717) is 0 Å². The molecule has 90 valence electrons. The van der Waals surface area contributed by atoms with E-state index in [0.717, 1.165) is 32.5 Å². The zero-order valence-corrected chi connectivity index (χ0v) is 9.91. The highest BCUT2D eigenvalue weighted by molar-refractivity contribution is 5.87. The number of nitrogens with one attached hydrogen (secondary N) is 2. The lowest BCUT2D eigenvalue weighted by Gasteiger charge is -2.37. The molecule has 1 aromatic carbocycles. The van der Waals surface area contributed by atoms with Crippen LogP contribution in [0.3, 0.4) is 0 Å². The molecule has 2 fully saturated rings. The molecule has 1 atom stereocenters. The van der Waals surface area contributed by atoms with Gasteiger partial charge in [-0.2, -0.15) is 0 Å². The van der Waals surface area contributed by atoms with E-state index in [2.05, 4.69) is 22.8 Å². The van der Waals surface area contributed by atoms with Crippen LogP contribution < -0.4 is 10.6 Å². The second-order valence-electron chi connectivity index (χ2n) is 5.17. The molecule has 17 heavy (non-hydrogen) atoms. The summed E-state index contributed by atoms with van der Waals surface area (Å²) in [6, 6.07) is 10.2. The summed E-state index contributed by atoms with van der Waals surface area (Å²) in [6.45, 7) is 2.89. The molecule has 0 aliphatic carbocycles. The highest BCUT2D eigenvalue weighted by Crippen LogP contribution is 2.46. The van der Waals surface area contributed by atoms with Gasteiger partial charge in [-0.05, 0) is 31.5 Å². The Kier molecular flexibility index (Phi) is 2.63. The highest BCUT2D eigenvalue weighted by atomic mass is 16.2. The minimum absolute atomic E-state index is 0.0470. The van der Waals surface area contributed by atoms with Crippen LogP contribution >= 0.6 is 0 Å². The normalized spacial score (nSPS) is 27.1. The van der Waals surface area contributed by atoms with Gasteiger partial charge in [0.05, 0.1) is 5.92 Å². The van der Waals surface area contributed by atoms with Crippen LogP contribution in [-0.2, 0) is 4.79 Å². The van der Waals surface area contributed by atoms with Gasteiger partial charge in [0.2, 0.25) is 5.91 Å². The molecular weight excluding hydrogens is 212 g/mol. The van der Waals surface area contributed by atoms with Crippen LogP contribution in [-0.4, -0.2) is 25.5 Å². The van der Waals surface area contributed by atoms with Gasteiger partial charge in [0.1, 0.15) is 0 Å². The summed E-state index contributed by atoms with van der Waals surface area (Å²) >= 11 is 0. The molecule has 0 bridgehead atoms.